The van der Waals surface area contributed by atoms with Crippen molar-refractivity contribution < 1.29 is 43.1 Å². The summed E-state index contributed by atoms with van der Waals surface area (Å²) in [5.41, 5.74) is 0.803. The number of carbonyl (C=O) groups is 2. The number of halogens is 1. The third-order valence-electron chi connectivity index (χ3n) is 10.4. The molecule has 0 amide bonds. The topological polar surface area (TPSA) is 116 Å². The fraction of sp³-hybridized carbons (Fsp3) is 0.610. The highest BCUT2D eigenvalue weighted by Gasteiger charge is 2.50. The number of nitrogens with zero attached hydrogens (tertiary/aromatic N) is 2. The van der Waals surface area contributed by atoms with Gasteiger partial charge in [-0.05, 0) is 90.5 Å². The second-order valence-electron chi connectivity index (χ2n) is 15.6. The predicted molar refractivity (Wildman–Crippen MR) is 206 cm³/mol. The van der Waals surface area contributed by atoms with Crippen LogP contribution in [0.2, 0.25) is 0 Å². The zero-order valence-electron chi connectivity index (χ0n) is 33.1. The van der Waals surface area contributed by atoms with Crippen molar-refractivity contribution in [3.63, 3.8) is 0 Å². The fourth-order valence-corrected chi connectivity index (χ4v) is 7.94. The van der Waals surface area contributed by atoms with E-state index in [9.17, 15) is 14.7 Å². The number of methoxy groups -OCH3 is 1. The van der Waals surface area contributed by atoms with Crippen LogP contribution in [0.4, 0.5) is 0 Å². The highest BCUT2D eigenvalue weighted by molar-refractivity contribution is 9.10. The summed E-state index contributed by atoms with van der Waals surface area (Å²) in [5.74, 6) is -2.20. The second kappa shape index (κ2) is 18.2. The lowest BCUT2D eigenvalue weighted by molar-refractivity contribution is -0.298. The standard InChI is InChI=1S/C41H59BrN2O9/c1-25(23-44(10)33(24-45)29-17-19-31(42)20-18-29)22-41(7,48-11)36(27(3)34-28(4)37(46)53-40(5,6)52-34)51-39-35(32(43(8)9)21-26(2)49-39)50-38(47)30-15-13-12-14-16-30/h12-20,25-27,32-33,35-36,39,45H,21-24H2,1-11H3/t25-,26?,27+,32?,33+,35?,36-,39?,41?/m1/s1. The number of carbonyl (C=O) groups excluding carboxylic acids is 2. The monoisotopic (exact) mass is 802 g/mol. The van der Waals surface area contributed by atoms with Gasteiger partial charge in [-0.25, -0.2) is 9.59 Å². The van der Waals surface area contributed by atoms with Gasteiger partial charge in [0.05, 0.1) is 47.6 Å². The predicted octanol–water partition coefficient (Wildman–Crippen LogP) is 6.74. The lowest BCUT2D eigenvalue weighted by Gasteiger charge is -2.48. The Morgan fingerprint density at radius 3 is 2.30 bits per heavy atom. The van der Waals surface area contributed by atoms with Gasteiger partial charge in [-0.1, -0.05) is 60.1 Å². The fourth-order valence-electron chi connectivity index (χ4n) is 7.68. The van der Waals surface area contributed by atoms with Gasteiger partial charge in [-0.2, -0.15) is 0 Å². The normalized spacial score (nSPS) is 25.2. The minimum atomic E-state index is -1.20. The van der Waals surface area contributed by atoms with Crippen LogP contribution in [-0.2, 0) is 33.2 Å². The summed E-state index contributed by atoms with van der Waals surface area (Å²) in [5, 5.41) is 10.4. The molecule has 0 aliphatic carbocycles. The Kier molecular flexibility index (Phi) is 14.7. The highest BCUT2D eigenvalue weighted by atomic mass is 79.9. The molecule has 1 saturated heterocycles. The first-order valence-electron chi connectivity index (χ1n) is 18.4. The molecule has 0 aromatic heterocycles. The number of likely N-dealkylation sites (N-methyl/N-ethyl adjacent to an activating group) is 2. The quantitative estimate of drug-likeness (QED) is 0.182. The van der Waals surface area contributed by atoms with E-state index in [0.29, 0.717) is 36.3 Å². The van der Waals surface area contributed by atoms with Crippen LogP contribution in [0, 0.1) is 11.8 Å². The number of rotatable bonds is 16. The van der Waals surface area contributed by atoms with Crippen LogP contribution in [0.3, 0.4) is 0 Å². The summed E-state index contributed by atoms with van der Waals surface area (Å²) in [6.07, 6.45) is -1.63. The van der Waals surface area contributed by atoms with Crippen molar-refractivity contribution in [2.45, 2.75) is 109 Å². The highest BCUT2D eigenvalue weighted by Crippen LogP contribution is 2.41. The van der Waals surface area contributed by atoms with Gasteiger partial charge in [0.15, 0.2) is 12.4 Å². The molecule has 2 aromatic rings. The largest absolute Gasteiger partial charge is 0.456 e. The van der Waals surface area contributed by atoms with Crippen LogP contribution >= 0.6 is 15.9 Å². The average molecular weight is 804 g/mol. The number of ether oxygens (including phenoxy) is 6. The lowest BCUT2D eigenvalue weighted by Crippen LogP contribution is -2.59. The molecule has 53 heavy (non-hydrogen) atoms. The molecule has 12 heteroatoms. The van der Waals surface area contributed by atoms with Crippen molar-refractivity contribution >= 4 is 27.9 Å². The molecule has 2 aliphatic rings. The molecule has 2 aliphatic heterocycles. The van der Waals surface area contributed by atoms with Crippen LogP contribution in [0.15, 0.2) is 70.4 Å². The molecular formula is C41H59BrN2O9. The van der Waals surface area contributed by atoms with Crippen molar-refractivity contribution in [3.05, 3.63) is 81.5 Å². The van der Waals surface area contributed by atoms with Gasteiger partial charge in [0.1, 0.15) is 5.76 Å². The second-order valence-corrected chi connectivity index (χ2v) is 16.5. The van der Waals surface area contributed by atoms with E-state index < -0.39 is 47.7 Å². The van der Waals surface area contributed by atoms with Crippen molar-refractivity contribution in [1.82, 2.24) is 9.80 Å². The number of benzene rings is 2. The van der Waals surface area contributed by atoms with Gasteiger partial charge in [0.2, 0.25) is 5.79 Å². The maximum atomic E-state index is 13.5. The molecule has 0 bridgehead atoms. The number of hydrogen-bond acceptors (Lipinski definition) is 11. The van der Waals surface area contributed by atoms with E-state index in [0.717, 1.165) is 10.0 Å². The average Bonchev–Trinajstić information content (AvgIpc) is 3.10. The first-order chi connectivity index (χ1) is 24.9. The Morgan fingerprint density at radius 1 is 1.08 bits per heavy atom. The van der Waals surface area contributed by atoms with Crippen molar-refractivity contribution in [2.24, 2.45) is 11.8 Å². The Labute approximate surface area is 324 Å². The smallest absolute Gasteiger partial charge is 0.340 e. The summed E-state index contributed by atoms with van der Waals surface area (Å²) < 4.78 is 39.2. The van der Waals surface area contributed by atoms with Gasteiger partial charge >= 0.3 is 11.9 Å². The van der Waals surface area contributed by atoms with Gasteiger partial charge in [0.25, 0.3) is 0 Å². The van der Waals surface area contributed by atoms with Crippen molar-refractivity contribution in [1.29, 1.82) is 0 Å². The molecule has 1 N–H and O–H groups in total. The molecule has 0 spiro atoms. The molecule has 4 rings (SSSR count). The van der Waals surface area contributed by atoms with E-state index in [2.05, 4.69) is 27.8 Å². The number of hydrogen-bond donors (Lipinski definition) is 1. The molecule has 11 nitrogen and oxygen atoms in total. The maximum Gasteiger partial charge on any atom is 0.340 e. The third-order valence-corrected chi connectivity index (χ3v) is 10.9. The molecule has 0 saturated carbocycles. The summed E-state index contributed by atoms with van der Waals surface area (Å²) in [6, 6.07) is 16.4. The Hall–Kier alpha value is -2.84. The number of aliphatic hydroxyl groups excluding tert-OH is 1. The van der Waals surface area contributed by atoms with Crippen LogP contribution in [0.1, 0.15) is 83.3 Å². The Morgan fingerprint density at radius 2 is 1.72 bits per heavy atom. The van der Waals surface area contributed by atoms with E-state index in [1.807, 2.05) is 77.1 Å². The first-order valence-corrected chi connectivity index (χ1v) is 19.2. The summed E-state index contributed by atoms with van der Waals surface area (Å²) in [7, 11) is 7.56. The SMILES string of the molecule is COC(C)(C[C@@H](C)CN(C)[C@@H](CO)c1ccc(Br)cc1)[C@H](OC1OC(C)CC(N(C)C)C1OC(=O)c1ccccc1)[C@@H](C)C1=C(C)C(=O)OC(C)(C)O1. The van der Waals surface area contributed by atoms with Crippen LogP contribution in [0.5, 0.6) is 0 Å². The third kappa shape index (κ3) is 10.7. The Bertz CT molecular complexity index is 1550. The minimum absolute atomic E-state index is 0.0425. The molecule has 0 radical (unpaired) electrons. The van der Waals surface area contributed by atoms with Crippen LogP contribution in [-0.4, -0.2) is 110 Å². The van der Waals surface area contributed by atoms with E-state index in [1.54, 1.807) is 52.1 Å². The van der Waals surface area contributed by atoms with E-state index >= 15 is 0 Å². The zero-order chi connectivity index (χ0) is 39.2. The molecule has 294 valence electrons. The lowest BCUT2D eigenvalue weighted by atomic mass is 9.80. The molecule has 2 heterocycles. The molecule has 5 unspecified atom stereocenters. The Balaban J connectivity index is 1.71. The van der Waals surface area contributed by atoms with Crippen LogP contribution < -0.4 is 0 Å². The minimum Gasteiger partial charge on any atom is -0.456 e. The summed E-state index contributed by atoms with van der Waals surface area (Å²) in [4.78, 5) is 30.8. The summed E-state index contributed by atoms with van der Waals surface area (Å²) in [6.45, 7) is 13.7. The summed E-state index contributed by atoms with van der Waals surface area (Å²) >= 11 is 3.50. The van der Waals surface area contributed by atoms with Crippen LogP contribution in [0.25, 0.3) is 0 Å². The van der Waals surface area contributed by atoms with Crippen molar-refractivity contribution in [2.75, 3.05) is 41.4 Å². The number of cyclic esters (lactones) is 1. The van der Waals surface area contributed by atoms with E-state index in [4.69, 9.17) is 28.4 Å². The molecular weight excluding hydrogens is 744 g/mol. The molecule has 1 fully saturated rings. The van der Waals surface area contributed by atoms with Crippen molar-refractivity contribution in [3.8, 4) is 0 Å². The first kappa shape index (κ1) is 42.9. The van der Waals surface area contributed by atoms with E-state index in [-0.39, 0.29) is 30.7 Å². The number of esters is 2. The van der Waals surface area contributed by atoms with Gasteiger partial charge in [-0.15, -0.1) is 0 Å². The van der Waals surface area contributed by atoms with Gasteiger partial charge < -0.3 is 38.4 Å². The zero-order valence-corrected chi connectivity index (χ0v) is 34.7. The molecule has 2 aromatic carbocycles. The number of aliphatic hydroxyl groups is 1. The van der Waals surface area contributed by atoms with Gasteiger partial charge in [-0.3, -0.25) is 4.90 Å². The maximum absolute atomic E-state index is 13.5. The van der Waals surface area contributed by atoms with E-state index in [1.165, 1.54) is 0 Å². The van der Waals surface area contributed by atoms with Gasteiger partial charge in [0, 0.05) is 37.9 Å². The molecule has 9 atom stereocenters.